The van der Waals surface area contributed by atoms with E-state index in [2.05, 4.69) is 15.6 Å². The first kappa shape index (κ1) is 16.7. The van der Waals surface area contributed by atoms with Crippen LogP contribution in [0, 0.1) is 0 Å². The van der Waals surface area contributed by atoms with Gasteiger partial charge in [-0.05, 0) is 23.8 Å². The molecule has 0 bridgehead atoms. The summed E-state index contributed by atoms with van der Waals surface area (Å²) in [6.45, 7) is 2.30. The Hall–Kier alpha value is -2.67. The Morgan fingerprint density at radius 3 is 2.78 bits per heavy atom. The lowest BCUT2D eigenvalue weighted by Crippen LogP contribution is -3.00. The largest absolute Gasteiger partial charge is 1.00 e. The first-order valence-electron chi connectivity index (χ1n) is 6.83. The molecular weight excluding hydrogens is 320 g/mol. The number of nitrogens with one attached hydrogen (secondary N) is 3. The van der Waals surface area contributed by atoms with Crippen molar-refractivity contribution in [2.75, 3.05) is 23.2 Å². The van der Waals surface area contributed by atoms with E-state index in [1.807, 2.05) is 24.3 Å². The highest BCUT2D eigenvalue weighted by Crippen LogP contribution is 2.32. The van der Waals surface area contributed by atoms with Crippen LogP contribution in [0.1, 0.15) is 12.5 Å². The van der Waals surface area contributed by atoms with Crippen LogP contribution >= 0.6 is 0 Å². The number of nitrogens with two attached hydrogens (primary N) is 1. The monoisotopic (exact) mass is 336 g/mol. The van der Waals surface area contributed by atoms with Crippen LogP contribution in [0.4, 0.5) is 17.3 Å². The lowest BCUT2D eigenvalue weighted by molar-refractivity contribution is -0.342. The molecule has 0 unspecified atom stereocenters. The van der Waals surface area contributed by atoms with Gasteiger partial charge in [-0.2, -0.15) is 0 Å². The molecule has 1 amide bonds. The predicted octanol–water partition coefficient (Wildman–Crippen LogP) is -1.61. The summed E-state index contributed by atoms with van der Waals surface area (Å²) in [5, 5.41) is 5.88. The highest BCUT2D eigenvalue weighted by molar-refractivity contribution is 5.90. The Kier molecular flexibility index (Phi) is 5.13. The van der Waals surface area contributed by atoms with Crippen molar-refractivity contribution in [3.8, 4) is 11.5 Å². The van der Waals surface area contributed by atoms with Crippen LogP contribution in [-0.4, -0.2) is 12.7 Å². The summed E-state index contributed by atoms with van der Waals surface area (Å²) >= 11 is 0. The minimum absolute atomic E-state index is 0. The molecule has 7 nitrogen and oxygen atoms in total. The molecule has 1 aliphatic heterocycles. The van der Waals surface area contributed by atoms with E-state index in [0.29, 0.717) is 18.1 Å². The van der Waals surface area contributed by atoms with E-state index < -0.39 is 0 Å². The smallest absolute Gasteiger partial charge is 0.241 e. The summed E-state index contributed by atoms with van der Waals surface area (Å²) in [4.78, 5) is 14.0. The molecule has 8 heteroatoms. The van der Waals surface area contributed by atoms with Gasteiger partial charge in [0.15, 0.2) is 11.5 Å². The molecule has 1 aliphatic rings. The number of rotatable bonds is 4. The Bertz CT molecular complexity index is 724. The number of fused-ring (bicyclic) bond motifs is 1. The predicted molar refractivity (Wildman–Crippen MR) is 81.6 cm³/mol. The molecule has 0 fully saturated rings. The van der Waals surface area contributed by atoms with Gasteiger partial charge in [0.2, 0.25) is 24.3 Å². The van der Waals surface area contributed by atoms with Crippen LogP contribution in [0.2, 0.25) is 0 Å². The van der Waals surface area contributed by atoms with Gasteiger partial charge in [0.25, 0.3) is 0 Å². The standard InChI is InChI=1S/C15H16N4O3.ClH/c1-9(20)18-11-3-5-14(19-15(11)16)17-7-10-2-4-12-13(6-10)22-8-21-12;/h2-6H,7-8H2,1H3,(H,18,20)(H3,16,17,19);1H. The van der Waals surface area contributed by atoms with Crippen LogP contribution in [-0.2, 0) is 11.3 Å². The Labute approximate surface area is 139 Å². The first-order chi connectivity index (χ1) is 10.6. The number of H-pyrrole nitrogens is 1. The Morgan fingerprint density at radius 1 is 1.26 bits per heavy atom. The highest BCUT2D eigenvalue weighted by Gasteiger charge is 2.14. The van der Waals surface area contributed by atoms with Gasteiger partial charge >= 0.3 is 0 Å². The molecule has 0 radical (unpaired) electrons. The number of pyridine rings is 1. The highest BCUT2D eigenvalue weighted by atomic mass is 35.5. The summed E-state index contributed by atoms with van der Waals surface area (Å²) in [6, 6.07) is 9.35. The number of carbonyl (C=O) groups is 1. The van der Waals surface area contributed by atoms with Crippen molar-refractivity contribution in [2.24, 2.45) is 0 Å². The molecule has 5 N–H and O–H groups in total. The summed E-state index contributed by atoms with van der Waals surface area (Å²) in [6.07, 6.45) is 0. The number of nitrogen functional groups attached to an aromatic ring is 1. The Balaban J connectivity index is 0.00000192. The molecule has 1 aromatic carbocycles. The van der Waals surface area contributed by atoms with Crippen molar-refractivity contribution in [1.82, 2.24) is 0 Å². The second-order valence-electron chi connectivity index (χ2n) is 4.92. The molecule has 23 heavy (non-hydrogen) atoms. The van der Waals surface area contributed by atoms with E-state index in [0.717, 1.165) is 22.9 Å². The van der Waals surface area contributed by atoms with Gasteiger partial charge in [-0.25, -0.2) is 4.98 Å². The van der Waals surface area contributed by atoms with Crippen LogP contribution in [0.15, 0.2) is 30.3 Å². The van der Waals surface area contributed by atoms with E-state index in [4.69, 9.17) is 15.2 Å². The number of aromatic amines is 1. The third-order valence-corrected chi connectivity index (χ3v) is 3.21. The van der Waals surface area contributed by atoms with Crippen molar-refractivity contribution in [1.29, 1.82) is 0 Å². The van der Waals surface area contributed by atoms with E-state index >= 15 is 0 Å². The lowest BCUT2D eigenvalue weighted by atomic mass is 10.2. The lowest BCUT2D eigenvalue weighted by Gasteiger charge is -2.06. The second-order valence-corrected chi connectivity index (χ2v) is 4.92. The number of amides is 1. The summed E-state index contributed by atoms with van der Waals surface area (Å²) in [5.41, 5.74) is 7.48. The SMILES string of the molecule is CC(=O)Nc1ccc(NCc2ccc3c(c2)OCO3)[nH+]c1N.[Cl-]. The van der Waals surface area contributed by atoms with Crippen molar-refractivity contribution in [3.63, 3.8) is 0 Å². The Morgan fingerprint density at radius 2 is 2.04 bits per heavy atom. The van der Waals surface area contributed by atoms with E-state index in [1.54, 1.807) is 6.07 Å². The molecule has 0 saturated carbocycles. The quantitative estimate of drug-likeness (QED) is 0.623. The van der Waals surface area contributed by atoms with Crippen molar-refractivity contribution < 1.29 is 31.7 Å². The number of benzene rings is 1. The zero-order valence-electron chi connectivity index (χ0n) is 12.5. The van der Waals surface area contributed by atoms with Gasteiger partial charge in [-0.1, -0.05) is 6.07 Å². The average molecular weight is 337 g/mol. The van der Waals surface area contributed by atoms with E-state index in [1.165, 1.54) is 6.92 Å². The molecule has 0 aliphatic carbocycles. The van der Waals surface area contributed by atoms with E-state index in [9.17, 15) is 4.79 Å². The van der Waals surface area contributed by atoms with E-state index in [-0.39, 0.29) is 25.1 Å². The molecule has 0 atom stereocenters. The van der Waals surface area contributed by atoms with Crippen molar-refractivity contribution >= 4 is 23.2 Å². The molecule has 0 spiro atoms. The summed E-state index contributed by atoms with van der Waals surface area (Å²) in [5.74, 6) is 2.50. The van der Waals surface area contributed by atoms with Gasteiger partial charge in [0.1, 0.15) is 5.69 Å². The third-order valence-electron chi connectivity index (χ3n) is 3.21. The third kappa shape index (κ3) is 3.95. The average Bonchev–Trinajstić information content (AvgIpc) is 2.95. The fourth-order valence-electron chi connectivity index (χ4n) is 2.16. The number of hydrogen-bond acceptors (Lipinski definition) is 5. The normalized spacial score (nSPS) is 11.5. The number of halogens is 1. The maximum Gasteiger partial charge on any atom is 0.241 e. The second kappa shape index (κ2) is 7.06. The molecule has 1 aromatic heterocycles. The summed E-state index contributed by atoms with van der Waals surface area (Å²) in [7, 11) is 0. The van der Waals surface area contributed by atoms with Gasteiger partial charge in [-0.15, -0.1) is 0 Å². The summed E-state index contributed by atoms with van der Waals surface area (Å²) < 4.78 is 10.6. The first-order valence-corrected chi connectivity index (χ1v) is 6.83. The number of hydrogen-bond donors (Lipinski definition) is 3. The zero-order chi connectivity index (χ0) is 15.5. The molecule has 2 aromatic rings. The molecule has 122 valence electrons. The molecule has 0 saturated heterocycles. The molecule has 2 heterocycles. The fraction of sp³-hybridized carbons (Fsp3) is 0.200. The minimum Gasteiger partial charge on any atom is -1.00 e. The van der Waals surface area contributed by atoms with Gasteiger partial charge in [0.05, 0.1) is 6.54 Å². The van der Waals surface area contributed by atoms with Crippen molar-refractivity contribution in [2.45, 2.75) is 13.5 Å². The molecule has 3 rings (SSSR count). The minimum atomic E-state index is -0.166. The zero-order valence-corrected chi connectivity index (χ0v) is 13.2. The number of aromatic nitrogens is 1. The fourth-order valence-corrected chi connectivity index (χ4v) is 2.16. The maximum absolute atomic E-state index is 11.0. The molecular formula is C15H17ClN4O3. The number of anilines is 3. The van der Waals surface area contributed by atoms with Crippen molar-refractivity contribution in [3.05, 3.63) is 35.9 Å². The van der Waals surface area contributed by atoms with Crippen LogP contribution in [0.25, 0.3) is 0 Å². The van der Waals surface area contributed by atoms with Crippen LogP contribution in [0.5, 0.6) is 11.5 Å². The topological polar surface area (TPSA) is 99.8 Å². The van der Waals surface area contributed by atoms with Gasteiger partial charge in [-0.3, -0.25) is 4.79 Å². The van der Waals surface area contributed by atoms with Gasteiger partial charge in [0, 0.05) is 13.0 Å². The number of carbonyl (C=O) groups excluding carboxylic acids is 1. The maximum atomic E-state index is 11.0. The number of ether oxygens (including phenoxy) is 2. The van der Waals surface area contributed by atoms with Crippen LogP contribution in [0.3, 0.4) is 0 Å². The van der Waals surface area contributed by atoms with Crippen LogP contribution < -0.4 is 43.2 Å². The van der Waals surface area contributed by atoms with Gasteiger partial charge < -0.3 is 38.2 Å².